The van der Waals surface area contributed by atoms with Crippen molar-refractivity contribution in [2.45, 2.75) is 12.6 Å². The van der Waals surface area contributed by atoms with E-state index in [4.69, 9.17) is 9.84 Å². The molecule has 0 aliphatic carbocycles. The van der Waals surface area contributed by atoms with E-state index in [0.717, 1.165) is 4.68 Å². The molecule has 1 saturated heterocycles. The van der Waals surface area contributed by atoms with Crippen molar-refractivity contribution in [3.8, 4) is 0 Å². The van der Waals surface area contributed by atoms with Crippen molar-refractivity contribution in [2.75, 3.05) is 19.7 Å². The van der Waals surface area contributed by atoms with Gasteiger partial charge in [0.05, 0.1) is 18.5 Å². The molecule has 1 unspecified atom stereocenters. The van der Waals surface area contributed by atoms with Crippen LogP contribution in [0.2, 0.25) is 0 Å². The van der Waals surface area contributed by atoms with Crippen molar-refractivity contribution in [1.82, 2.24) is 19.9 Å². The lowest BCUT2D eigenvalue weighted by molar-refractivity contribution is -0.159. The van der Waals surface area contributed by atoms with Gasteiger partial charge in [0.2, 0.25) is 5.91 Å². The summed E-state index contributed by atoms with van der Waals surface area (Å²) in [6, 6.07) is 6.72. The van der Waals surface area contributed by atoms with Gasteiger partial charge < -0.3 is 14.7 Å². The van der Waals surface area contributed by atoms with E-state index in [0.29, 0.717) is 10.9 Å². The molecule has 9 nitrogen and oxygen atoms in total. The van der Waals surface area contributed by atoms with Crippen molar-refractivity contribution in [3.05, 3.63) is 34.6 Å². The van der Waals surface area contributed by atoms with E-state index < -0.39 is 23.5 Å². The first-order valence-electron chi connectivity index (χ1n) is 7.01. The monoisotopic (exact) mass is 318 g/mol. The second kappa shape index (κ2) is 6.13. The molecule has 1 aromatic heterocycles. The lowest BCUT2D eigenvalue weighted by Crippen LogP contribution is -2.50. The Labute approximate surface area is 130 Å². The van der Waals surface area contributed by atoms with Crippen LogP contribution < -0.4 is 5.56 Å². The Kier molecular flexibility index (Phi) is 4.02. The Morgan fingerprint density at radius 3 is 2.91 bits per heavy atom. The highest BCUT2D eigenvalue weighted by Crippen LogP contribution is 2.07. The number of ether oxygens (including phenoxy) is 1. The average Bonchev–Trinajstić information content (AvgIpc) is 2.57. The van der Waals surface area contributed by atoms with E-state index in [1.165, 1.54) is 4.90 Å². The lowest BCUT2D eigenvalue weighted by atomic mass is 10.2. The molecule has 0 bridgehead atoms. The number of morpholine rings is 1. The first-order chi connectivity index (χ1) is 11.1. The molecular weight excluding hydrogens is 304 g/mol. The molecule has 3 rings (SSSR count). The molecule has 0 saturated carbocycles. The number of hydrogen-bond donors (Lipinski definition) is 1. The van der Waals surface area contributed by atoms with Crippen LogP contribution in [0.4, 0.5) is 0 Å². The molecule has 1 atom stereocenters. The number of hydrogen-bond acceptors (Lipinski definition) is 6. The van der Waals surface area contributed by atoms with Gasteiger partial charge in [-0.25, -0.2) is 9.48 Å². The maximum absolute atomic E-state index is 12.3. The third-order valence-electron chi connectivity index (χ3n) is 3.61. The molecule has 1 fully saturated rings. The van der Waals surface area contributed by atoms with E-state index in [1.54, 1.807) is 24.3 Å². The van der Waals surface area contributed by atoms with E-state index in [1.807, 2.05) is 0 Å². The van der Waals surface area contributed by atoms with E-state index in [9.17, 15) is 14.4 Å². The van der Waals surface area contributed by atoms with Gasteiger partial charge in [-0.1, -0.05) is 17.3 Å². The fourth-order valence-corrected chi connectivity index (χ4v) is 2.38. The fraction of sp³-hybridized carbons (Fsp3) is 0.357. The first-order valence-corrected chi connectivity index (χ1v) is 7.01. The van der Waals surface area contributed by atoms with Crippen molar-refractivity contribution in [3.63, 3.8) is 0 Å². The number of aliphatic carboxylic acids is 1. The van der Waals surface area contributed by atoms with Crippen LogP contribution in [0.15, 0.2) is 29.1 Å². The molecule has 1 aromatic carbocycles. The number of carbonyl (C=O) groups is 2. The van der Waals surface area contributed by atoms with Crippen LogP contribution >= 0.6 is 0 Å². The summed E-state index contributed by atoms with van der Waals surface area (Å²) < 4.78 is 6.04. The molecule has 23 heavy (non-hydrogen) atoms. The highest BCUT2D eigenvalue weighted by Gasteiger charge is 2.29. The number of carboxylic acids is 1. The number of carboxylic acid groups (broad SMARTS) is 1. The Morgan fingerprint density at radius 1 is 1.35 bits per heavy atom. The zero-order valence-electron chi connectivity index (χ0n) is 12.1. The van der Waals surface area contributed by atoms with Gasteiger partial charge in [-0.05, 0) is 12.1 Å². The van der Waals surface area contributed by atoms with E-state index >= 15 is 0 Å². The van der Waals surface area contributed by atoms with Gasteiger partial charge in [-0.3, -0.25) is 9.59 Å². The SMILES string of the molecule is O=C(O)C1CN(C(=O)Cn2nnc3ccccc3c2=O)CCO1. The highest BCUT2D eigenvalue weighted by molar-refractivity contribution is 5.79. The summed E-state index contributed by atoms with van der Waals surface area (Å²) in [6.07, 6.45) is -1.05. The minimum absolute atomic E-state index is 0.0517. The van der Waals surface area contributed by atoms with Gasteiger partial charge in [-0.15, -0.1) is 5.10 Å². The number of rotatable bonds is 3. The van der Waals surface area contributed by atoms with Crippen molar-refractivity contribution >= 4 is 22.8 Å². The van der Waals surface area contributed by atoms with Crippen LogP contribution in [0.25, 0.3) is 10.9 Å². The Hall–Kier alpha value is -2.81. The third-order valence-corrected chi connectivity index (χ3v) is 3.61. The molecular formula is C14H14N4O5. The molecule has 120 valence electrons. The number of benzene rings is 1. The molecule has 0 radical (unpaired) electrons. The number of nitrogens with zero attached hydrogens (tertiary/aromatic N) is 4. The van der Waals surface area contributed by atoms with Gasteiger partial charge >= 0.3 is 5.97 Å². The van der Waals surface area contributed by atoms with Crippen molar-refractivity contribution < 1.29 is 19.4 Å². The summed E-state index contributed by atoms with van der Waals surface area (Å²) in [5, 5.41) is 17.0. The smallest absolute Gasteiger partial charge is 0.334 e. The maximum Gasteiger partial charge on any atom is 0.334 e. The second-order valence-electron chi connectivity index (χ2n) is 5.11. The summed E-state index contributed by atoms with van der Waals surface area (Å²) in [6.45, 7) is 0.0757. The zero-order valence-corrected chi connectivity index (χ0v) is 12.1. The first kappa shape index (κ1) is 15.1. The van der Waals surface area contributed by atoms with Gasteiger partial charge in [0.1, 0.15) is 12.1 Å². The Bertz CT molecular complexity index is 818. The third kappa shape index (κ3) is 3.04. The van der Waals surface area contributed by atoms with Gasteiger partial charge in [0.25, 0.3) is 5.56 Å². The standard InChI is InChI=1S/C14H14N4O5/c19-12(17-5-6-23-11(7-17)14(21)22)8-18-13(20)9-3-1-2-4-10(9)15-16-18/h1-4,11H,5-8H2,(H,21,22). The molecule has 9 heteroatoms. The topological polar surface area (TPSA) is 115 Å². The number of carbonyl (C=O) groups excluding carboxylic acids is 1. The largest absolute Gasteiger partial charge is 0.479 e. The predicted molar refractivity (Wildman–Crippen MR) is 77.8 cm³/mol. The van der Waals surface area contributed by atoms with Crippen LogP contribution in [0.5, 0.6) is 0 Å². The minimum Gasteiger partial charge on any atom is -0.479 e. The number of aromatic nitrogens is 3. The predicted octanol–water partition coefficient (Wildman–Crippen LogP) is -0.896. The molecule has 1 amide bonds. The summed E-state index contributed by atoms with van der Waals surface area (Å²) in [5.74, 6) is -1.52. The molecule has 1 N–H and O–H groups in total. The van der Waals surface area contributed by atoms with Crippen LogP contribution in [-0.2, 0) is 20.9 Å². The molecule has 1 aliphatic rings. The van der Waals surface area contributed by atoms with Crippen molar-refractivity contribution in [1.29, 1.82) is 0 Å². The summed E-state index contributed by atoms with van der Waals surface area (Å²) in [7, 11) is 0. The van der Waals surface area contributed by atoms with E-state index in [2.05, 4.69) is 10.3 Å². The van der Waals surface area contributed by atoms with Crippen LogP contribution in [0.1, 0.15) is 0 Å². The van der Waals surface area contributed by atoms with Crippen LogP contribution in [0, 0.1) is 0 Å². The normalized spacial score (nSPS) is 18.1. The van der Waals surface area contributed by atoms with Gasteiger partial charge in [0, 0.05) is 6.54 Å². The van der Waals surface area contributed by atoms with Crippen LogP contribution in [0.3, 0.4) is 0 Å². The lowest BCUT2D eigenvalue weighted by Gasteiger charge is -2.30. The number of fused-ring (bicyclic) bond motifs is 1. The summed E-state index contributed by atoms with van der Waals surface area (Å²) in [4.78, 5) is 36.9. The van der Waals surface area contributed by atoms with E-state index in [-0.39, 0.29) is 26.2 Å². The summed E-state index contributed by atoms with van der Waals surface area (Å²) >= 11 is 0. The van der Waals surface area contributed by atoms with Gasteiger partial charge in [-0.2, -0.15) is 0 Å². The summed E-state index contributed by atoms with van der Waals surface area (Å²) in [5.41, 5.74) is 0.0468. The van der Waals surface area contributed by atoms with Gasteiger partial charge in [0.15, 0.2) is 6.10 Å². The second-order valence-corrected chi connectivity index (χ2v) is 5.11. The Morgan fingerprint density at radius 2 is 2.13 bits per heavy atom. The quantitative estimate of drug-likeness (QED) is 0.780. The zero-order chi connectivity index (χ0) is 16.4. The maximum atomic E-state index is 12.3. The van der Waals surface area contributed by atoms with Crippen LogP contribution in [-0.4, -0.2) is 62.7 Å². The van der Waals surface area contributed by atoms with Crippen molar-refractivity contribution in [2.24, 2.45) is 0 Å². The Balaban J connectivity index is 1.79. The highest BCUT2D eigenvalue weighted by atomic mass is 16.5. The molecule has 2 heterocycles. The molecule has 2 aromatic rings. The molecule has 0 spiro atoms. The molecule has 1 aliphatic heterocycles. The average molecular weight is 318 g/mol. The fourth-order valence-electron chi connectivity index (χ4n) is 2.38. The minimum atomic E-state index is -1.12. The number of amides is 1.